The second-order valence-electron chi connectivity index (χ2n) is 8.28. The molecule has 0 saturated heterocycles. The van der Waals surface area contributed by atoms with Crippen LogP contribution in [0.3, 0.4) is 0 Å². The zero-order valence-electron chi connectivity index (χ0n) is 19.0. The van der Waals surface area contributed by atoms with Crippen molar-refractivity contribution in [3.63, 3.8) is 0 Å². The number of hydrogen-bond donors (Lipinski definition) is 1. The van der Waals surface area contributed by atoms with E-state index < -0.39 is 5.97 Å². The Labute approximate surface area is 200 Å². The van der Waals surface area contributed by atoms with Crippen LogP contribution in [0.4, 0.5) is 0 Å². The van der Waals surface area contributed by atoms with Crippen molar-refractivity contribution in [3.8, 4) is 22.6 Å². The minimum atomic E-state index is -0.996. The molecular weight excluding hydrogens is 450 g/mol. The average Bonchev–Trinajstić information content (AvgIpc) is 3.41. The Bertz CT molecular complexity index is 1500. The summed E-state index contributed by atoms with van der Waals surface area (Å²) in [5, 5.41) is 11.2. The van der Waals surface area contributed by atoms with Crippen molar-refractivity contribution in [1.82, 2.24) is 13.3 Å². The summed E-state index contributed by atoms with van der Waals surface area (Å²) in [5.74, 6) is 0.408. The van der Waals surface area contributed by atoms with Crippen LogP contribution in [-0.4, -0.2) is 37.6 Å². The second-order valence-corrected chi connectivity index (χ2v) is 8.80. The van der Waals surface area contributed by atoms with Gasteiger partial charge in [0.1, 0.15) is 28.2 Å². The summed E-state index contributed by atoms with van der Waals surface area (Å²) in [6, 6.07) is 19.0. The molecule has 8 heteroatoms. The molecule has 0 aliphatic rings. The monoisotopic (exact) mass is 473 g/mol. The maximum atomic E-state index is 12.6. The van der Waals surface area contributed by atoms with E-state index in [1.165, 1.54) is 0 Å². The molecule has 0 spiro atoms. The van der Waals surface area contributed by atoms with Gasteiger partial charge in [0.05, 0.1) is 30.5 Å². The van der Waals surface area contributed by atoms with Gasteiger partial charge in [0.15, 0.2) is 0 Å². The number of benzene rings is 3. The fourth-order valence-electron chi connectivity index (χ4n) is 4.22. The second kappa shape index (κ2) is 8.79. The maximum absolute atomic E-state index is 12.6. The molecule has 0 atom stereocenters. The third-order valence-electron chi connectivity index (χ3n) is 5.65. The van der Waals surface area contributed by atoms with Gasteiger partial charge in [-0.3, -0.25) is 0 Å². The van der Waals surface area contributed by atoms with Crippen molar-refractivity contribution >= 4 is 39.6 Å². The molecule has 0 aliphatic carbocycles. The highest BCUT2D eigenvalue weighted by Crippen LogP contribution is 2.38. The molecule has 0 amide bonds. The minimum Gasteiger partial charge on any atom is -0.497 e. The molecule has 0 aliphatic heterocycles. The van der Waals surface area contributed by atoms with Crippen LogP contribution in [0.2, 0.25) is 0 Å². The summed E-state index contributed by atoms with van der Waals surface area (Å²) in [4.78, 5) is 12.6. The number of methoxy groups -OCH3 is 1. The number of nitrogens with zero attached hydrogens (tertiary/aromatic N) is 3. The molecule has 7 nitrogen and oxygen atoms in total. The summed E-state index contributed by atoms with van der Waals surface area (Å²) in [6.45, 7) is 4.30. The lowest BCUT2D eigenvalue weighted by Gasteiger charge is -2.12. The van der Waals surface area contributed by atoms with Crippen LogP contribution in [0.15, 0.2) is 60.7 Å². The van der Waals surface area contributed by atoms with Gasteiger partial charge in [0.25, 0.3) is 0 Å². The lowest BCUT2D eigenvalue weighted by molar-refractivity contribution is 0.0687. The molecule has 2 aromatic heterocycles. The molecule has 172 valence electrons. The van der Waals surface area contributed by atoms with E-state index in [0.29, 0.717) is 23.6 Å². The molecular formula is C26H23N3O4S. The maximum Gasteiger partial charge on any atom is 0.353 e. The van der Waals surface area contributed by atoms with Crippen LogP contribution in [0.5, 0.6) is 11.5 Å². The zero-order chi connectivity index (χ0) is 23.8. The Balaban J connectivity index is 1.74. The molecule has 0 saturated carbocycles. The number of carboxylic acids is 1. The first-order chi connectivity index (χ1) is 16.4. The number of rotatable bonds is 7. The van der Waals surface area contributed by atoms with Crippen molar-refractivity contribution in [3.05, 3.63) is 71.9 Å². The van der Waals surface area contributed by atoms with Crippen LogP contribution in [0.1, 0.15) is 29.9 Å². The van der Waals surface area contributed by atoms with Crippen molar-refractivity contribution in [1.29, 1.82) is 0 Å². The molecule has 34 heavy (non-hydrogen) atoms. The van der Waals surface area contributed by atoms with Gasteiger partial charge >= 0.3 is 5.97 Å². The lowest BCUT2D eigenvalue weighted by atomic mass is 10.0. The topological polar surface area (TPSA) is 86.5 Å². The predicted molar refractivity (Wildman–Crippen MR) is 133 cm³/mol. The van der Waals surface area contributed by atoms with Crippen LogP contribution < -0.4 is 9.47 Å². The normalized spacial score (nSPS) is 11.4. The highest BCUT2D eigenvalue weighted by Gasteiger charge is 2.24. The van der Waals surface area contributed by atoms with Gasteiger partial charge in [-0.2, -0.15) is 8.75 Å². The zero-order valence-corrected chi connectivity index (χ0v) is 19.8. The first-order valence-electron chi connectivity index (χ1n) is 10.9. The van der Waals surface area contributed by atoms with Gasteiger partial charge in [-0.15, -0.1) is 0 Å². The van der Waals surface area contributed by atoms with Crippen molar-refractivity contribution < 1.29 is 19.4 Å². The number of carbonyl (C=O) groups is 1. The van der Waals surface area contributed by atoms with E-state index in [2.05, 4.69) is 8.75 Å². The van der Waals surface area contributed by atoms with Gasteiger partial charge in [-0.05, 0) is 61.4 Å². The smallest absolute Gasteiger partial charge is 0.353 e. The lowest BCUT2D eigenvalue weighted by Crippen LogP contribution is -2.11. The summed E-state index contributed by atoms with van der Waals surface area (Å²) in [5.41, 5.74) is 5.05. The van der Waals surface area contributed by atoms with Gasteiger partial charge < -0.3 is 19.1 Å². The molecule has 5 aromatic rings. The largest absolute Gasteiger partial charge is 0.497 e. The minimum absolute atomic E-state index is 0.000405. The summed E-state index contributed by atoms with van der Waals surface area (Å²) < 4.78 is 21.6. The molecule has 0 bridgehead atoms. The number of aromatic carboxylic acids is 1. The molecule has 3 aromatic carbocycles. The first-order valence-corrected chi connectivity index (χ1v) is 11.6. The molecule has 5 rings (SSSR count). The Morgan fingerprint density at radius 2 is 1.74 bits per heavy atom. The number of fused-ring (bicyclic) bond motifs is 2. The Kier molecular flexibility index (Phi) is 5.67. The van der Waals surface area contributed by atoms with Crippen LogP contribution in [0.25, 0.3) is 33.1 Å². The van der Waals surface area contributed by atoms with Crippen molar-refractivity contribution in [2.75, 3.05) is 7.11 Å². The summed E-state index contributed by atoms with van der Waals surface area (Å²) in [6.07, 6.45) is 0.000405. The Morgan fingerprint density at radius 1 is 1.00 bits per heavy atom. The highest BCUT2D eigenvalue weighted by atomic mass is 32.1. The van der Waals surface area contributed by atoms with Crippen LogP contribution >= 0.6 is 11.7 Å². The van der Waals surface area contributed by atoms with Gasteiger partial charge in [-0.25, -0.2) is 4.79 Å². The standard InChI is InChI=1S/C26H23N3O4S/c1-15(2)33-19-9-10-20-23(13-19)29(14-16-4-11-21-22(12-16)28-34-27-21)25(26(30)31)24(20)17-5-7-18(32-3)8-6-17/h4-13,15H,14H2,1-3H3,(H,30,31). The molecule has 1 N–H and O–H groups in total. The van der Waals surface area contributed by atoms with Crippen LogP contribution in [-0.2, 0) is 6.54 Å². The summed E-state index contributed by atoms with van der Waals surface area (Å²) in [7, 11) is 1.61. The van der Waals surface area contributed by atoms with Crippen LogP contribution in [0, 0.1) is 0 Å². The summed E-state index contributed by atoms with van der Waals surface area (Å²) >= 11 is 1.16. The number of aromatic nitrogens is 3. The Morgan fingerprint density at radius 3 is 2.44 bits per heavy atom. The van der Waals surface area contributed by atoms with Gasteiger partial charge in [0, 0.05) is 23.6 Å². The molecule has 0 unspecified atom stereocenters. The van der Waals surface area contributed by atoms with E-state index in [9.17, 15) is 9.90 Å². The molecule has 0 radical (unpaired) electrons. The highest BCUT2D eigenvalue weighted by molar-refractivity contribution is 7.00. The number of hydrogen-bond acceptors (Lipinski definition) is 6. The molecule has 0 fully saturated rings. The van der Waals surface area contributed by atoms with Gasteiger partial charge in [0.2, 0.25) is 0 Å². The van der Waals surface area contributed by atoms with Crippen molar-refractivity contribution in [2.24, 2.45) is 0 Å². The number of carboxylic acid groups (broad SMARTS) is 1. The van der Waals surface area contributed by atoms with Crippen molar-refractivity contribution in [2.45, 2.75) is 26.5 Å². The quantitative estimate of drug-likeness (QED) is 0.319. The van der Waals surface area contributed by atoms with E-state index >= 15 is 0 Å². The molecule has 2 heterocycles. The number of ether oxygens (including phenoxy) is 2. The van der Waals surface area contributed by atoms with E-state index in [1.807, 2.05) is 79.1 Å². The Hall–Kier alpha value is -3.91. The van der Waals surface area contributed by atoms with E-state index in [4.69, 9.17) is 9.47 Å². The first kappa shape index (κ1) is 21.9. The fourth-order valence-corrected chi connectivity index (χ4v) is 4.74. The third kappa shape index (κ3) is 3.97. The van der Waals surface area contributed by atoms with E-state index in [1.54, 1.807) is 7.11 Å². The van der Waals surface area contributed by atoms with E-state index in [-0.39, 0.29) is 11.8 Å². The SMILES string of the molecule is COc1ccc(-c2c(C(=O)O)n(Cc3ccc4nsnc4c3)c3cc(OC(C)C)ccc23)cc1. The fraction of sp³-hybridized carbons (Fsp3) is 0.192. The third-order valence-corrected chi connectivity index (χ3v) is 6.20. The average molecular weight is 474 g/mol. The van der Waals surface area contributed by atoms with Gasteiger partial charge in [-0.1, -0.05) is 18.2 Å². The predicted octanol–water partition coefficient (Wildman–Crippen LogP) is 5.86. The van der Waals surface area contributed by atoms with E-state index in [0.717, 1.165) is 44.8 Å².